The molecule has 1 amide bonds. The molecule has 1 aromatic heterocycles. The predicted molar refractivity (Wildman–Crippen MR) is 66.9 cm³/mol. The van der Waals surface area contributed by atoms with Crippen molar-refractivity contribution in [1.29, 1.82) is 0 Å². The maximum Gasteiger partial charge on any atom is 0.228 e. The number of rotatable bonds is 6. The first-order valence-corrected chi connectivity index (χ1v) is 5.72. The van der Waals surface area contributed by atoms with Crippen LogP contribution in [0.3, 0.4) is 0 Å². The van der Waals surface area contributed by atoms with Crippen molar-refractivity contribution in [2.45, 2.75) is 19.8 Å². The highest BCUT2D eigenvalue weighted by Gasteiger charge is 2.15. The van der Waals surface area contributed by atoms with Crippen molar-refractivity contribution in [3.8, 4) is 5.88 Å². The van der Waals surface area contributed by atoms with E-state index in [1.165, 1.54) is 0 Å². The van der Waals surface area contributed by atoms with Crippen LogP contribution in [0, 0.1) is 5.92 Å². The molecule has 1 atom stereocenters. The van der Waals surface area contributed by atoms with Crippen LogP contribution in [0.15, 0.2) is 18.3 Å². The first-order chi connectivity index (χ1) is 8.21. The molecule has 1 unspecified atom stereocenters. The summed E-state index contributed by atoms with van der Waals surface area (Å²) in [6.45, 7) is 2.40. The van der Waals surface area contributed by atoms with Gasteiger partial charge in [0.2, 0.25) is 11.8 Å². The van der Waals surface area contributed by atoms with Gasteiger partial charge < -0.3 is 15.8 Å². The highest BCUT2D eigenvalue weighted by atomic mass is 16.5. The number of nitrogens with one attached hydrogen (secondary N) is 1. The van der Waals surface area contributed by atoms with E-state index in [1.807, 2.05) is 6.92 Å². The maximum absolute atomic E-state index is 11.8. The molecule has 0 saturated carbocycles. The van der Waals surface area contributed by atoms with Crippen molar-refractivity contribution < 1.29 is 9.53 Å². The summed E-state index contributed by atoms with van der Waals surface area (Å²) in [6.07, 6.45) is 3.30. The van der Waals surface area contributed by atoms with Crippen molar-refractivity contribution in [2.24, 2.45) is 11.7 Å². The minimum Gasteiger partial charge on any atom is -0.481 e. The molecular formula is C12H19N3O2. The Morgan fingerprint density at radius 2 is 2.35 bits per heavy atom. The molecule has 0 bridgehead atoms. The fraction of sp³-hybridized carbons (Fsp3) is 0.500. The molecule has 0 aliphatic rings. The number of methoxy groups -OCH3 is 1. The van der Waals surface area contributed by atoms with Crippen LogP contribution in [0.1, 0.15) is 19.8 Å². The molecule has 0 aromatic carbocycles. The van der Waals surface area contributed by atoms with Crippen molar-refractivity contribution in [3.05, 3.63) is 18.3 Å². The Kier molecular flexibility index (Phi) is 5.42. The van der Waals surface area contributed by atoms with Gasteiger partial charge in [-0.05, 0) is 12.5 Å². The number of nitrogens with two attached hydrogens (primary N) is 1. The van der Waals surface area contributed by atoms with Gasteiger partial charge in [0, 0.05) is 12.6 Å². The summed E-state index contributed by atoms with van der Waals surface area (Å²) in [4.78, 5) is 15.9. The van der Waals surface area contributed by atoms with E-state index in [-0.39, 0.29) is 11.8 Å². The number of pyridine rings is 1. The zero-order chi connectivity index (χ0) is 12.7. The first-order valence-electron chi connectivity index (χ1n) is 5.72. The van der Waals surface area contributed by atoms with Crippen molar-refractivity contribution in [2.75, 3.05) is 19.0 Å². The van der Waals surface area contributed by atoms with Gasteiger partial charge in [-0.25, -0.2) is 4.98 Å². The van der Waals surface area contributed by atoms with Crippen LogP contribution in [0.2, 0.25) is 0 Å². The summed E-state index contributed by atoms with van der Waals surface area (Å²) in [7, 11) is 1.55. The van der Waals surface area contributed by atoms with Crippen LogP contribution < -0.4 is 15.8 Å². The molecule has 0 radical (unpaired) electrons. The minimum absolute atomic E-state index is 0.0543. The molecule has 1 rings (SSSR count). The summed E-state index contributed by atoms with van der Waals surface area (Å²) in [6, 6.07) is 3.45. The zero-order valence-corrected chi connectivity index (χ0v) is 10.3. The Morgan fingerprint density at radius 1 is 1.59 bits per heavy atom. The molecule has 94 valence electrons. The van der Waals surface area contributed by atoms with Gasteiger partial charge >= 0.3 is 0 Å². The van der Waals surface area contributed by atoms with Gasteiger partial charge in [0.05, 0.1) is 24.9 Å². The van der Waals surface area contributed by atoms with E-state index in [0.717, 1.165) is 12.8 Å². The second kappa shape index (κ2) is 6.85. The molecule has 1 aromatic rings. The van der Waals surface area contributed by atoms with Crippen LogP contribution in [0.5, 0.6) is 5.88 Å². The van der Waals surface area contributed by atoms with E-state index in [2.05, 4.69) is 10.3 Å². The molecule has 5 heteroatoms. The molecule has 0 fully saturated rings. The van der Waals surface area contributed by atoms with E-state index < -0.39 is 0 Å². The van der Waals surface area contributed by atoms with Gasteiger partial charge in [-0.15, -0.1) is 0 Å². The average Bonchev–Trinajstić information content (AvgIpc) is 2.36. The van der Waals surface area contributed by atoms with E-state index in [9.17, 15) is 4.79 Å². The Morgan fingerprint density at radius 3 is 2.82 bits per heavy atom. The third-order valence-corrected chi connectivity index (χ3v) is 2.51. The number of carbonyl (C=O) groups excluding carboxylic acids is 1. The molecular weight excluding hydrogens is 218 g/mol. The lowest BCUT2D eigenvalue weighted by Gasteiger charge is -2.13. The van der Waals surface area contributed by atoms with Crippen LogP contribution in [0.25, 0.3) is 0 Å². The van der Waals surface area contributed by atoms with E-state index >= 15 is 0 Å². The number of hydrogen-bond donors (Lipinski definition) is 2. The maximum atomic E-state index is 11.8. The number of anilines is 1. The van der Waals surface area contributed by atoms with Gasteiger partial charge in [-0.1, -0.05) is 13.3 Å². The van der Waals surface area contributed by atoms with E-state index in [4.69, 9.17) is 10.5 Å². The second-order valence-corrected chi connectivity index (χ2v) is 3.80. The third kappa shape index (κ3) is 4.03. The van der Waals surface area contributed by atoms with Crippen LogP contribution >= 0.6 is 0 Å². The molecule has 0 spiro atoms. The Balaban J connectivity index is 2.59. The highest BCUT2D eigenvalue weighted by molar-refractivity contribution is 5.92. The topological polar surface area (TPSA) is 77.2 Å². The van der Waals surface area contributed by atoms with Crippen LogP contribution in [-0.2, 0) is 4.79 Å². The Bertz CT molecular complexity index is 351. The van der Waals surface area contributed by atoms with Gasteiger partial charge in [-0.3, -0.25) is 4.79 Å². The monoisotopic (exact) mass is 237 g/mol. The van der Waals surface area contributed by atoms with Crippen LogP contribution in [-0.4, -0.2) is 24.5 Å². The summed E-state index contributed by atoms with van der Waals surface area (Å²) in [5, 5.41) is 2.79. The summed E-state index contributed by atoms with van der Waals surface area (Å²) < 4.78 is 4.94. The lowest BCUT2D eigenvalue weighted by Crippen LogP contribution is -2.29. The second-order valence-electron chi connectivity index (χ2n) is 3.80. The van der Waals surface area contributed by atoms with Crippen LogP contribution in [0.4, 0.5) is 5.69 Å². The van der Waals surface area contributed by atoms with E-state index in [0.29, 0.717) is 18.1 Å². The quantitative estimate of drug-likeness (QED) is 0.784. The predicted octanol–water partition coefficient (Wildman–Crippen LogP) is 1.40. The fourth-order valence-electron chi connectivity index (χ4n) is 1.52. The molecule has 0 saturated heterocycles. The Labute approximate surface area is 101 Å². The van der Waals surface area contributed by atoms with Gasteiger partial charge in [0.1, 0.15) is 0 Å². The normalized spacial score (nSPS) is 11.9. The number of amides is 1. The number of nitrogens with zero attached hydrogens (tertiary/aromatic N) is 1. The van der Waals surface area contributed by atoms with E-state index in [1.54, 1.807) is 25.4 Å². The first kappa shape index (κ1) is 13.4. The lowest BCUT2D eigenvalue weighted by atomic mass is 10.0. The summed E-state index contributed by atoms with van der Waals surface area (Å²) >= 11 is 0. The van der Waals surface area contributed by atoms with Crippen molar-refractivity contribution >= 4 is 11.6 Å². The SMILES string of the molecule is CCCC(CN)C(=O)Nc1ccc(OC)nc1. The summed E-state index contributed by atoms with van der Waals surface area (Å²) in [5.41, 5.74) is 6.22. The van der Waals surface area contributed by atoms with Crippen molar-refractivity contribution in [1.82, 2.24) is 4.98 Å². The zero-order valence-electron chi connectivity index (χ0n) is 10.3. The number of carbonyl (C=O) groups is 1. The molecule has 1 heterocycles. The lowest BCUT2D eigenvalue weighted by molar-refractivity contribution is -0.119. The van der Waals surface area contributed by atoms with Gasteiger partial charge in [0.25, 0.3) is 0 Å². The molecule has 5 nitrogen and oxygen atoms in total. The Hall–Kier alpha value is -1.62. The molecule has 17 heavy (non-hydrogen) atoms. The molecule has 0 aliphatic heterocycles. The fourth-order valence-corrected chi connectivity index (χ4v) is 1.52. The van der Waals surface area contributed by atoms with Gasteiger partial charge in [-0.2, -0.15) is 0 Å². The third-order valence-electron chi connectivity index (χ3n) is 2.51. The highest BCUT2D eigenvalue weighted by Crippen LogP contribution is 2.13. The smallest absolute Gasteiger partial charge is 0.228 e. The largest absolute Gasteiger partial charge is 0.481 e. The average molecular weight is 237 g/mol. The minimum atomic E-state index is -0.137. The number of ether oxygens (including phenoxy) is 1. The summed E-state index contributed by atoms with van der Waals surface area (Å²) in [5.74, 6) is 0.329. The number of aromatic nitrogens is 1. The standard InChI is InChI=1S/C12H19N3O2/c1-3-4-9(7-13)12(16)15-10-5-6-11(17-2)14-8-10/h5-6,8-9H,3-4,7,13H2,1-2H3,(H,15,16). The molecule has 3 N–H and O–H groups in total. The van der Waals surface area contributed by atoms with Crippen molar-refractivity contribution in [3.63, 3.8) is 0 Å². The van der Waals surface area contributed by atoms with Gasteiger partial charge in [0.15, 0.2) is 0 Å². The number of hydrogen-bond acceptors (Lipinski definition) is 4. The molecule has 0 aliphatic carbocycles.